The van der Waals surface area contributed by atoms with Gasteiger partial charge in [0, 0.05) is 17.0 Å². The smallest absolute Gasteiger partial charge is 0.324 e. The van der Waals surface area contributed by atoms with Gasteiger partial charge in [0.05, 0.1) is 9.92 Å². The molecule has 0 saturated carbocycles. The third-order valence-corrected chi connectivity index (χ3v) is 5.72. The summed E-state index contributed by atoms with van der Waals surface area (Å²) in [7, 11) is -4.01. The molecule has 0 bridgehead atoms. The van der Waals surface area contributed by atoms with Crippen LogP contribution in [-0.2, 0) is 19.6 Å². The molecule has 0 aliphatic carbocycles. The molecule has 9 heteroatoms. The Bertz CT molecular complexity index is 969. The molecule has 0 unspecified atom stereocenters. The van der Waals surface area contributed by atoms with Gasteiger partial charge in [-0.15, -0.1) is 0 Å². The normalized spacial score (nSPS) is 13.8. The van der Waals surface area contributed by atoms with Gasteiger partial charge in [0.15, 0.2) is 0 Å². The molecule has 0 radical (unpaired) electrons. The van der Waals surface area contributed by atoms with E-state index in [1.165, 1.54) is 18.3 Å². The Morgan fingerprint density at radius 2 is 1.81 bits per heavy atom. The Balaban J connectivity index is 2.40. The van der Waals surface area contributed by atoms with Crippen molar-refractivity contribution in [2.45, 2.75) is 51.2 Å². The van der Waals surface area contributed by atoms with Gasteiger partial charge in [-0.2, -0.15) is 4.72 Å². The molecule has 2 aromatic rings. The van der Waals surface area contributed by atoms with Crippen LogP contribution in [0.5, 0.6) is 0 Å². The molecule has 0 amide bonds. The molecular formula is C18H22Cl2N2O4S. The van der Waals surface area contributed by atoms with Crippen LogP contribution in [0.4, 0.5) is 0 Å². The van der Waals surface area contributed by atoms with E-state index in [0.29, 0.717) is 15.8 Å². The van der Waals surface area contributed by atoms with E-state index in [0.717, 1.165) is 0 Å². The fourth-order valence-electron chi connectivity index (χ4n) is 2.38. The summed E-state index contributed by atoms with van der Waals surface area (Å²) in [6.45, 7) is 8.63. The van der Waals surface area contributed by atoms with E-state index in [9.17, 15) is 13.2 Å². The highest BCUT2D eigenvalue weighted by molar-refractivity contribution is 7.89. The van der Waals surface area contributed by atoms with Gasteiger partial charge in [0.1, 0.15) is 16.8 Å². The minimum Gasteiger partial charge on any atom is -0.459 e. The molecule has 148 valence electrons. The van der Waals surface area contributed by atoms with E-state index in [-0.39, 0.29) is 16.0 Å². The van der Waals surface area contributed by atoms with Gasteiger partial charge < -0.3 is 4.74 Å². The monoisotopic (exact) mass is 432 g/mol. The Hall–Kier alpha value is -1.41. The molecule has 0 aliphatic heterocycles. The molecule has 1 atom stereocenters. The molecule has 0 aliphatic rings. The van der Waals surface area contributed by atoms with Crippen LogP contribution in [0, 0.1) is 5.92 Å². The maximum Gasteiger partial charge on any atom is 0.324 e. The number of hydrogen-bond donors (Lipinski definition) is 1. The zero-order valence-electron chi connectivity index (χ0n) is 15.7. The SMILES string of the molecule is CC(C)[C@H](NS(=O)(=O)c1ccc2c(Cl)cnc(Cl)c2c1)C(=O)OC(C)(C)C. The highest BCUT2D eigenvalue weighted by Gasteiger charge is 2.32. The first-order valence-corrected chi connectivity index (χ1v) is 10.5. The number of carbonyl (C=O) groups excluding carboxylic acids is 1. The van der Waals surface area contributed by atoms with Crippen molar-refractivity contribution in [1.82, 2.24) is 9.71 Å². The van der Waals surface area contributed by atoms with E-state index in [1.807, 2.05) is 0 Å². The highest BCUT2D eigenvalue weighted by atomic mass is 35.5. The summed E-state index contributed by atoms with van der Waals surface area (Å²) in [5, 5.41) is 1.49. The lowest BCUT2D eigenvalue weighted by Crippen LogP contribution is -2.47. The summed E-state index contributed by atoms with van der Waals surface area (Å²) in [5.74, 6) is -0.945. The summed E-state index contributed by atoms with van der Waals surface area (Å²) >= 11 is 12.1. The molecule has 27 heavy (non-hydrogen) atoms. The van der Waals surface area contributed by atoms with Crippen molar-refractivity contribution in [3.05, 3.63) is 34.6 Å². The van der Waals surface area contributed by atoms with E-state index in [4.69, 9.17) is 27.9 Å². The van der Waals surface area contributed by atoms with Crippen molar-refractivity contribution in [2.75, 3.05) is 0 Å². The number of esters is 1. The topological polar surface area (TPSA) is 85.4 Å². The predicted octanol–water partition coefficient (Wildman–Crippen LogP) is 4.19. The summed E-state index contributed by atoms with van der Waals surface area (Å²) in [4.78, 5) is 16.3. The number of pyridine rings is 1. The van der Waals surface area contributed by atoms with Gasteiger partial charge in [-0.3, -0.25) is 4.79 Å². The van der Waals surface area contributed by atoms with Crippen molar-refractivity contribution in [3.63, 3.8) is 0 Å². The van der Waals surface area contributed by atoms with Crippen molar-refractivity contribution in [3.8, 4) is 0 Å². The molecule has 0 fully saturated rings. The molecule has 0 saturated heterocycles. The number of carbonyl (C=O) groups is 1. The van der Waals surface area contributed by atoms with Gasteiger partial charge in [-0.1, -0.05) is 43.1 Å². The predicted molar refractivity (Wildman–Crippen MR) is 107 cm³/mol. The number of ether oxygens (including phenoxy) is 1. The zero-order valence-corrected chi connectivity index (χ0v) is 18.0. The second-order valence-electron chi connectivity index (χ2n) is 7.48. The Kier molecular flexibility index (Phi) is 6.41. The number of fused-ring (bicyclic) bond motifs is 1. The molecule has 1 aromatic heterocycles. The fourth-order valence-corrected chi connectivity index (χ4v) is 4.16. The fraction of sp³-hybridized carbons (Fsp3) is 0.444. The third kappa shape index (κ3) is 5.31. The van der Waals surface area contributed by atoms with Gasteiger partial charge >= 0.3 is 5.97 Å². The first kappa shape index (κ1) is 21.9. The van der Waals surface area contributed by atoms with Crippen LogP contribution in [0.1, 0.15) is 34.6 Å². The van der Waals surface area contributed by atoms with Crippen LogP contribution < -0.4 is 4.72 Å². The number of halogens is 2. The number of nitrogens with zero attached hydrogens (tertiary/aromatic N) is 1. The maximum atomic E-state index is 12.8. The second-order valence-corrected chi connectivity index (χ2v) is 9.96. The quantitative estimate of drug-likeness (QED) is 0.565. The number of nitrogens with one attached hydrogen (secondary N) is 1. The zero-order chi connectivity index (χ0) is 20.6. The largest absolute Gasteiger partial charge is 0.459 e. The van der Waals surface area contributed by atoms with Crippen molar-refractivity contribution < 1.29 is 17.9 Å². The molecule has 1 heterocycles. The van der Waals surface area contributed by atoms with Crippen molar-refractivity contribution in [2.24, 2.45) is 5.92 Å². The first-order valence-electron chi connectivity index (χ1n) is 8.31. The van der Waals surface area contributed by atoms with Crippen molar-refractivity contribution in [1.29, 1.82) is 0 Å². The maximum absolute atomic E-state index is 12.8. The number of benzene rings is 1. The van der Waals surface area contributed by atoms with Gasteiger partial charge in [0.25, 0.3) is 0 Å². The van der Waals surface area contributed by atoms with E-state index in [1.54, 1.807) is 40.7 Å². The number of aromatic nitrogens is 1. The Morgan fingerprint density at radius 3 is 2.37 bits per heavy atom. The average Bonchev–Trinajstić information content (AvgIpc) is 2.54. The second kappa shape index (κ2) is 7.91. The standard InChI is InChI=1S/C18H22Cl2N2O4S/c1-10(2)15(17(23)26-18(3,4)5)22-27(24,25)11-6-7-12-13(8-11)16(20)21-9-14(12)19/h6-10,15,22H,1-5H3/t15-/m0/s1. The van der Waals surface area contributed by atoms with E-state index >= 15 is 0 Å². The summed E-state index contributed by atoms with van der Waals surface area (Å²) in [6, 6.07) is 3.31. The first-order chi connectivity index (χ1) is 12.3. The summed E-state index contributed by atoms with van der Waals surface area (Å²) < 4.78 is 33.4. The number of hydrogen-bond acceptors (Lipinski definition) is 5. The average molecular weight is 433 g/mol. The molecule has 0 spiro atoms. The van der Waals surface area contributed by atoms with Crippen molar-refractivity contribution >= 4 is 50.0 Å². The summed E-state index contributed by atoms with van der Waals surface area (Å²) in [6.07, 6.45) is 1.40. The lowest BCUT2D eigenvalue weighted by molar-refractivity contribution is -0.158. The van der Waals surface area contributed by atoms with Gasteiger partial charge in [0.2, 0.25) is 10.0 Å². The molecule has 6 nitrogen and oxygen atoms in total. The molecule has 2 rings (SSSR count). The number of sulfonamides is 1. The lowest BCUT2D eigenvalue weighted by Gasteiger charge is -2.26. The Labute approximate surface area is 169 Å². The molecule has 1 aromatic carbocycles. The lowest BCUT2D eigenvalue weighted by atomic mass is 10.1. The molecule has 1 N–H and O–H groups in total. The van der Waals surface area contributed by atoms with Crippen LogP contribution in [0.15, 0.2) is 29.3 Å². The van der Waals surface area contributed by atoms with Gasteiger partial charge in [-0.25, -0.2) is 13.4 Å². The van der Waals surface area contributed by atoms with Gasteiger partial charge in [-0.05, 0) is 38.8 Å². The minimum absolute atomic E-state index is 0.0461. The van der Waals surface area contributed by atoms with Crippen LogP contribution >= 0.6 is 23.2 Å². The van der Waals surface area contributed by atoms with Crippen LogP contribution in [0.3, 0.4) is 0 Å². The van der Waals surface area contributed by atoms with E-state index < -0.39 is 27.6 Å². The third-order valence-electron chi connectivity index (χ3n) is 3.68. The van der Waals surface area contributed by atoms with Crippen LogP contribution in [-0.4, -0.2) is 31.0 Å². The number of rotatable bonds is 5. The highest BCUT2D eigenvalue weighted by Crippen LogP contribution is 2.30. The Morgan fingerprint density at radius 1 is 1.19 bits per heavy atom. The van der Waals surface area contributed by atoms with E-state index in [2.05, 4.69) is 9.71 Å². The minimum atomic E-state index is -4.01. The van der Waals surface area contributed by atoms with Crippen LogP contribution in [0.2, 0.25) is 10.2 Å². The summed E-state index contributed by atoms with van der Waals surface area (Å²) in [5.41, 5.74) is -0.728. The molecular weight excluding hydrogens is 411 g/mol. The van der Waals surface area contributed by atoms with Crippen LogP contribution in [0.25, 0.3) is 10.8 Å².